The SMILES string of the molecule is C#CCC(N)C(=O)NC(CC)c1ccccc1. The van der Waals surface area contributed by atoms with Crippen molar-refractivity contribution in [3.63, 3.8) is 0 Å². The average Bonchev–Trinajstić information content (AvgIpc) is 2.37. The summed E-state index contributed by atoms with van der Waals surface area (Å²) in [6.45, 7) is 2.02. The number of terminal acetylenes is 1. The molecule has 0 aliphatic rings. The van der Waals surface area contributed by atoms with Crippen molar-refractivity contribution in [3.05, 3.63) is 35.9 Å². The Balaban J connectivity index is 2.65. The molecule has 0 saturated heterocycles. The van der Waals surface area contributed by atoms with E-state index in [1.165, 1.54) is 0 Å². The third-order valence-corrected chi connectivity index (χ3v) is 2.60. The third-order valence-electron chi connectivity index (χ3n) is 2.60. The van der Waals surface area contributed by atoms with E-state index in [0.29, 0.717) is 0 Å². The number of hydrogen-bond acceptors (Lipinski definition) is 2. The first-order chi connectivity index (χ1) is 8.19. The molecular formula is C14H18N2O. The van der Waals surface area contributed by atoms with Crippen LogP contribution in [-0.2, 0) is 4.79 Å². The Morgan fingerprint density at radius 2 is 2.12 bits per heavy atom. The van der Waals surface area contributed by atoms with Gasteiger partial charge < -0.3 is 11.1 Å². The largest absolute Gasteiger partial charge is 0.348 e. The fourth-order valence-electron chi connectivity index (χ4n) is 1.60. The van der Waals surface area contributed by atoms with Crippen LogP contribution in [-0.4, -0.2) is 11.9 Å². The number of nitrogens with two attached hydrogens (primary N) is 1. The highest BCUT2D eigenvalue weighted by Crippen LogP contribution is 2.15. The normalized spacial score (nSPS) is 13.5. The molecule has 90 valence electrons. The molecule has 3 nitrogen and oxygen atoms in total. The maximum absolute atomic E-state index is 11.7. The van der Waals surface area contributed by atoms with E-state index in [2.05, 4.69) is 11.2 Å². The first kappa shape index (κ1) is 13.3. The van der Waals surface area contributed by atoms with Gasteiger partial charge in [-0.3, -0.25) is 4.79 Å². The molecule has 1 aromatic carbocycles. The maximum Gasteiger partial charge on any atom is 0.238 e. The molecule has 0 radical (unpaired) electrons. The summed E-state index contributed by atoms with van der Waals surface area (Å²) in [4.78, 5) is 11.7. The van der Waals surface area contributed by atoms with Gasteiger partial charge in [0.05, 0.1) is 12.1 Å². The van der Waals surface area contributed by atoms with Crippen LogP contribution < -0.4 is 11.1 Å². The lowest BCUT2D eigenvalue weighted by molar-refractivity contribution is -0.123. The lowest BCUT2D eigenvalue weighted by Crippen LogP contribution is -2.41. The molecule has 0 bridgehead atoms. The Hall–Kier alpha value is -1.79. The molecule has 0 aromatic heterocycles. The van der Waals surface area contributed by atoms with Crippen LogP contribution >= 0.6 is 0 Å². The van der Waals surface area contributed by atoms with Gasteiger partial charge in [-0.15, -0.1) is 12.3 Å². The van der Waals surface area contributed by atoms with Crippen molar-refractivity contribution in [2.45, 2.75) is 31.8 Å². The van der Waals surface area contributed by atoms with Crippen molar-refractivity contribution in [1.82, 2.24) is 5.32 Å². The predicted molar refractivity (Wildman–Crippen MR) is 69.0 cm³/mol. The summed E-state index contributed by atoms with van der Waals surface area (Å²) in [5, 5.41) is 2.91. The van der Waals surface area contributed by atoms with Crippen LogP contribution in [0.4, 0.5) is 0 Å². The standard InChI is InChI=1S/C14H18N2O/c1-3-8-12(15)14(17)16-13(4-2)11-9-6-5-7-10-11/h1,5-7,9-10,12-13H,4,8,15H2,2H3,(H,16,17). The summed E-state index contributed by atoms with van der Waals surface area (Å²) in [6, 6.07) is 9.19. The van der Waals surface area contributed by atoms with E-state index in [4.69, 9.17) is 12.2 Å². The van der Waals surface area contributed by atoms with Crippen LogP contribution in [0.1, 0.15) is 31.4 Å². The fraction of sp³-hybridized carbons (Fsp3) is 0.357. The van der Waals surface area contributed by atoms with Crippen LogP contribution in [0.5, 0.6) is 0 Å². The highest BCUT2D eigenvalue weighted by atomic mass is 16.2. The third kappa shape index (κ3) is 3.93. The molecular weight excluding hydrogens is 212 g/mol. The molecule has 17 heavy (non-hydrogen) atoms. The second-order valence-electron chi connectivity index (χ2n) is 3.89. The Labute approximate surface area is 102 Å². The van der Waals surface area contributed by atoms with Crippen molar-refractivity contribution in [1.29, 1.82) is 0 Å². The summed E-state index contributed by atoms with van der Waals surface area (Å²) in [6.07, 6.45) is 6.21. The van der Waals surface area contributed by atoms with Gasteiger partial charge in [0.25, 0.3) is 0 Å². The average molecular weight is 230 g/mol. The Bertz CT molecular complexity index is 394. The van der Waals surface area contributed by atoms with Crippen molar-refractivity contribution in [3.8, 4) is 12.3 Å². The molecule has 1 rings (SSSR count). The van der Waals surface area contributed by atoms with Crippen LogP contribution in [0.25, 0.3) is 0 Å². The smallest absolute Gasteiger partial charge is 0.238 e. The topological polar surface area (TPSA) is 55.1 Å². The fourth-order valence-corrected chi connectivity index (χ4v) is 1.60. The van der Waals surface area contributed by atoms with Crippen LogP contribution in [0.15, 0.2) is 30.3 Å². The molecule has 0 aliphatic heterocycles. The summed E-state index contributed by atoms with van der Waals surface area (Å²) < 4.78 is 0. The predicted octanol–water partition coefficient (Wildman–Crippen LogP) is 1.60. The molecule has 0 saturated carbocycles. The van der Waals surface area contributed by atoms with E-state index in [-0.39, 0.29) is 18.4 Å². The van der Waals surface area contributed by atoms with Gasteiger partial charge in [-0.2, -0.15) is 0 Å². The zero-order valence-corrected chi connectivity index (χ0v) is 10.0. The number of nitrogens with one attached hydrogen (secondary N) is 1. The number of carbonyl (C=O) groups is 1. The molecule has 0 spiro atoms. The molecule has 0 aliphatic carbocycles. The van der Waals surface area contributed by atoms with Gasteiger partial charge in [0, 0.05) is 6.42 Å². The van der Waals surface area contributed by atoms with E-state index < -0.39 is 6.04 Å². The highest BCUT2D eigenvalue weighted by molar-refractivity contribution is 5.82. The second kappa shape index (κ2) is 6.72. The lowest BCUT2D eigenvalue weighted by atomic mass is 10.0. The zero-order valence-electron chi connectivity index (χ0n) is 10.0. The summed E-state index contributed by atoms with van der Waals surface area (Å²) in [5.41, 5.74) is 6.73. The van der Waals surface area contributed by atoms with Crippen molar-refractivity contribution >= 4 is 5.91 Å². The summed E-state index contributed by atoms with van der Waals surface area (Å²) in [7, 11) is 0. The summed E-state index contributed by atoms with van der Waals surface area (Å²) >= 11 is 0. The molecule has 0 fully saturated rings. The minimum atomic E-state index is -0.627. The van der Waals surface area contributed by atoms with Gasteiger partial charge in [0.2, 0.25) is 5.91 Å². The number of benzene rings is 1. The van der Waals surface area contributed by atoms with E-state index in [9.17, 15) is 4.79 Å². The number of rotatable bonds is 5. The maximum atomic E-state index is 11.7. The number of hydrogen-bond donors (Lipinski definition) is 2. The molecule has 3 heteroatoms. The first-order valence-corrected chi connectivity index (χ1v) is 5.73. The van der Waals surface area contributed by atoms with Gasteiger partial charge in [0.1, 0.15) is 0 Å². The Morgan fingerprint density at radius 3 is 2.65 bits per heavy atom. The highest BCUT2D eigenvalue weighted by Gasteiger charge is 2.17. The minimum Gasteiger partial charge on any atom is -0.348 e. The quantitative estimate of drug-likeness (QED) is 0.755. The molecule has 1 amide bonds. The van der Waals surface area contributed by atoms with Gasteiger partial charge in [-0.1, -0.05) is 37.3 Å². The van der Waals surface area contributed by atoms with Gasteiger partial charge in [0.15, 0.2) is 0 Å². The molecule has 0 heterocycles. The Morgan fingerprint density at radius 1 is 1.47 bits per heavy atom. The van der Waals surface area contributed by atoms with Gasteiger partial charge in [-0.25, -0.2) is 0 Å². The zero-order chi connectivity index (χ0) is 12.7. The Kier molecular flexibility index (Phi) is 5.25. The molecule has 2 unspecified atom stereocenters. The molecule has 3 N–H and O–H groups in total. The van der Waals surface area contributed by atoms with Crippen molar-refractivity contribution in [2.75, 3.05) is 0 Å². The van der Waals surface area contributed by atoms with E-state index in [0.717, 1.165) is 12.0 Å². The first-order valence-electron chi connectivity index (χ1n) is 5.73. The summed E-state index contributed by atoms with van der Waals surface area (Å²) in [5.74, 6) is 2.20. The van der Waals surface area contributed by atoms with Crippen LogP contribution in [0.2, 0.25) is 0 Å². The number of carbonyl (C=O) groups excluding carboxylic acids is 1. The van der Waals surface area contributed by atoms with Crippen molar-refractivity contribution < 1.29 is 4.79 Å². The monoisotopic (exact) mass is 230 g/mol. The van der Waals surface area contributed by atoms with Crippen LogP contribution in [0, 0.1) is 12.3 Å². The van der Waals surface area contributed by atoms with E-state index >= 15 is 0 Å². The van der Waals surface area contributed by atoms with Crippen molar-refractivity contribution in [2.24, 2.45) is 5.73 Å². The second-order valence-corrected chi connectivity index (χ2v) is 3.89. The minimum absolute atomic E-state index is 0.00692. The van der Waals surface area contributed by atoms with E-state index in [1.54, 1.807) is 0 Å². The van der Waals surface area contributed by atoms with Gasteiger partial charge in [-0.05, 0) is 12.0 Å². The lowest BCUT2D eigenvalue weighted by Gasteiger charge is -2.19. The van der Waals surface area contributed by atoms with E-state index in [1.807, 2.05) is 37.3 Å². The van der Waals surface area contributed by atoms with Crippen LogP contribution in [0.3, 0.4) is 0 Å². The molecule has 2 atom stereocenters. The molecule has 1 aromatic rings. The van der Waals surface area contributed by atoms with Gasteiger partial charge >= 0.3 is 0 Å². The number of amides is 1.